The van der Waals surface area contributed by atoms with Gasteiger partial charge in [-0.1, -0.05) is 0 Å². The van der Waals surface area contributed by atoms with Crippen LogP contribution in [0.25, 0.3) is 11.2 Å². The van der Waals surface area contributed by atoms with Crippen LogP contribution in [0.5, 0.6) is 0 Å². The molecule has 0 radical (unpaired) electrons. The molecule has 0 saturated carbocycles. The van der Waals surface area contributed by atoms with E-state index in [9.17, 15) is 0 Å². The second-order valence-electron chi connectivity index (χ2n) is 2.20. The molecule has 0 aliphatic carbocycles. The minimum absolute atomic E-state index is 0.655. The lowest BCUT2D eigenvalue weighted by Crippen LogP contribution is -2.16. The summed E-state index contributed by atoms with van der Waals surface area (Å²) in [7, 11) is 1.77. The number of hydrogen-bond acceptors (Lipinski definition) is 5. The Morgan fingerprint density at radius 3 is 3.08 bits per heavy atom. The van der Waals surface area contributed by atoms with Crippen LogP contribution in [0.2, 0.25) is 0 Å². The number of rotatable bonds is 2. The van der Waals surface area contributed by atoms with Gasteiger partial charge in [-0.2, -0.15) is 0 Å². The van der Waals surface area contributed by atoms with E-state index in [-0.39, 0.29) is 0 Å². The summed E-state index contributed by atoms with van der Waals surface area (Å²) in [5, 5.41) is 0. The molecule has 3 N–H and O–H groups in total. The van der Waals surface area contributed by atoms with Gasteiger partial charge < -0.3 is 10.4 Å². The largest absolute Gasteiger partial charge is 0.340 e. The molecule has 0 spiro atoms. The molecule has 12 heavy (non-hydrogen) atoms. The van der Waals surface area contributed by atoms with Crippen LogP contribution in [0.15, 0.2) is 12.7 Å². The number of aromatic nitrogens is 4. The number of nitrogens with zero attached hydrogens (tertiary/aromatic N) is 3. The highest BCUT2D eigenvalue weighted by molar-refractivity contribution is 5.81. The normalized spacial score (nSPS) is 10.4. The van der Waals surface area contributed by atoms with Crippen LogP contribution in [0.4, 0.5) is 5.82 Å². The minimum atomic E-state index is 0.655. The monoisotopic (exact) mass is 164 g/mol. The van der Waals surface area contributed by atoms with Crippen LogP contribution in [0.3, 0.4) is 0 Å². The standard InChI is InChI=1S/C6H8N6/c1-7-12-6-4-5(9-2-8-4)10-3-11-6/h2-3,7H,1H3,(H2,8,9,10,11,12). The molecule has 0 aliphatic heterocycles. The van der Waals surface area contributed by atoms with Crippen LogP contribution in [0.1, 0.15) is 0 Å². The molecule has 0 unspecified atom stereocenters. The van der Waals surface area contributed by atoms with Gasteiger partial charge in [-0.25, -0.2) is 20.4 Å². The summed E-state index contributed by atoms with van der Waals surface area (Å²) in [6, 6.07) is 0. The first-order valence-corrected chi connectivity index (χ1v) is 3.48. The number of hydrazine groups is 1. The lowest BCUT2D eigenvalue weighted by atomic mass is 10.5. The van der Waals surface area contributed by atoms with Crippen molar-refractivity contribution in [1.82, 2.24) is 25.4 Å². The molecule has 6 heteroatoms. The van der Waals surface area contributed by atoms with E-state index >= 15 is 0 Å². The van der Waals surface area contributed by atoms with Crippen molar-refractivity contribution in [3.63, 3.8) is 0 Å². The number of fused-ring (bicyclic) bond motifs is 1. The maximum atomic E-state index is 4.01. The summed E-state index contributed by atoms with van der Waals surface area (Å²) in [4.78, 5) is 14.9. The zero-order chi connectivity index (χ0) is 8.39. The van der Waals surface area contributed by atoms with Gasteiger partial charge in [-0.3, -0.25) is 0 Å². The number of nitrogens with one attached hydrogen (secondary N) is 3. The Hall–Kier alpha value is -1.69. The van der Waals surface area contributed by atoms with E-state index < -0.39 is 0 Å². The Kier molecular flexibility index (Phi) is 1.60. The van der Waals surface area contributed by atoms with Crippen molar-refractivity contribution in [3.8, 4) is 0 Å². The summed E-state index contributed by atoms with van der Waals surface area (Å²) in [5.41, 5.74) is 7.10. The quantitative estimate of drug-likeness (QED) is 0.540. The van der Waals surface area contributed by atoms with Crippen molar-refractivity contribution in [2.24, 2.45) is 0 Å². The van der Waals surface area contributed by atoms with Crippen LogP contribution in [-0.4, -0.2) is 27.0 Å². The van der Waals surface area contributed by atoms with Crippen LogP contribution in [0, 0.1) is 0 Å². The van der Waals surface area contributed by atoms with E-state index in [1.165, 1.54) is 6.33 Å². The van der Waals surface area contributed by atoms with Crippen LogP contribution >= 0.6 is 0 Å². The Bertz CT molecular complexity index is 380. The first kappa shape index (κ1) is 6.99. The number of anilines is 1. The molecule has 0 fully saturated rings. The summed E-state index contributed by atoms with van der Waals surface area (Å²) < 4.78 is 0. The first-order valence-electron chi connectivity index (χ1n) is 3.48. The third kappa shape index (κ3) is 0.978. The molecule has 0 saturated heterocycles. The maximum absolute atomic E-state index is 4.01. The fraction of sp³-hybridized carbons (Fsp3) is 0.167. The lowest BCUT2D eigenvalue weighted by molar-refractivity contribution is 0.964. The van der Waals surface area contributed by atoms with E-state index in [0.717, 1.165) is 5.52 Å². The van der Waals surface area contributed by atoms with Crippen molar-refractivity contribution in [2.45, 2.75) is 0 Å². The number of imidazole rings is 1. The average molecular weight is 164 g/mol. The molecule has 6 nitrogen and oxygen atoms in total. The smallest absolute Gasteiger partial charge is 0.182 e. The molecular formula is C6H8N6. The summed E-state index contributed by atoms with van der Waals surface area (Å²) in [5.74, 6) is 0.694. The Labute approximate surface area is 68.4 Å². The van der Waals surface area contributed by atoms with Gasteiger partial charge in [-0.05, 0) is 0 Å². The van der Waals surface area contributed by atoms with Crippen molar-refractivity contribution in [2.75, 3.05) is 12.5 Å². The average Bonchev–Trinajstić information content (AvgIpc) is 2.53. The second kappa shape index (κ2) is 2.74. The van der Waals surface area contributed by atoms with Gasteiger partial charge in [0.1, 0.15) is 11.8 Å². The van der Waals surface area contributed by atoms with Gasteiger partial charge in [0.05, 0.1) is 6.33 Å². The molecule has 62 valence electrons. The predicted octanol–water partition coefficient (Wildman–Crippen LogP) is -0.101. The molecular weight excluding hydrogens is 156 g/mol. The van der Waals surface area contributed by atoms with Crippen LogP contribution < -0.4 is 10.9 Å². The zero-order valence-corrected chi connectivity index (χ0v) is 6.50. The number of hydrogen-bond donors (Lipinski definition) is 3. The Morgan fingerprint density at radius 1 is 1.33 bits per heavy atom. The zero-order valence-electron chi connectivity index (χ0n) is 6.50. The van der Waals surface area contributed by atoms with Crippen molar-refractivity contribution in [1.29, 1.82) is 0 Å². The minimum Gasteiger partial charge on any atom is -0.340 e. The highest BCUT2D eigenvalue weighted by Gasteiger charge is 2.02. The third-order valence-corrected chi connectivity index (χ3v) is 1.47. The Morgan fingerprint density at radius 2 is 2.25 bits per heavy atom. The van der Waals surface area contributed by atoms with E-state index in [0.29, 0.717) is 11.5 Å². The van der Waals surface area contributed by atoms with Gasteiger partial charge in [0, 0.05) is 7.05 Å². The van der Waals surface area contributed by atoms with Crippen molar-refractivity contribution >= 4 is 17.0 Å². The summed E-state index contributed by atoms with van der Waals surface area (Å²) >= 11 is 0. The molecule has 2 aromatic rings. The predicted molar refractivity (Wildman–Crippen MR) is 44.4 cm³/mol. The van der Waals surface area contributed by atoms with Gasteiger partial charge in [0.15, 0.2) is 11.5 Å². The molecule has 0 atom stereocenters. The molecule has 2 rings (SSSR count). The van der Waals surface area contributed by atoms with Crippen molar-refractivity contribution in [3.05, 3.63) is 12.7 Å². The lowest BCUT2D eigenvalue weighted by Gasteiger charge is -2.01. The SMILES string of the molecule is CNNc1ncnc2nc[nH]c12. The molecule has 2 heterocycles. The molecule has 0 amide bonds. The van der Waals surface area contributed by atoms with Gasteiger partial charge in [0.2, 0.25) is 0 Å². The second-order valence-corrected chi connectivity index (χ2v) is 2.20. The summed E-state index contributed by atoms with van der Waals surface area (Å²) in [6.07, 6.45) is 3.04. The topological polar surface area (TPSA) is 78.5 Å². The molecule has 0 aliphatic rings. The van der Waals surface area contributed by atoms with E-state index in [1.54, 1.807) is 13.4 Å². The maximum Gasteiger partial charge on any atom is 0.182 e. The first-order chi connectivity index (χ1) is 5.92. The van der Waals surface area contributed by atoms with E-state index in [2.05, 4.69) is 30.8 Å². The van der Waals surface area contributed by atoms with Gasteiger partial charge in [0.25, 0.3) is 0 Å². The fourth-order valence-corrected chi connectivity index (χ4v) is 0.978. The number of aromatic amines is 1. The third-order valence-electron chi connectivity index (χ3n) is 1.47. The molecule has 2 aromatic heterocycles. The van der Waals surface area contributed by atoms with Crippen LogP contribution in [-0.2, 0) is 0 Å². The highest BCUT2D eigenvalue weighted by Crippen LogP contribution is 2.12. The summed E-state index contributed by atoms with van der Waals surface area (Å²) in [6.45, 7) is 0. The molecule has 0 bridgehead atoms. The fourth-order valence-electron chi connectivity index (χ4n) is 0.978. The highest BCUT2D eigenvalue weighted by atomic mass is 15.4. The van der Waals surface area contributed by atoms with Gasteiger partial charge >= 0.3 is 0 Å². The molecule has 0 aromatic carbocycles. The van der Waals surface area contributed by atoms with Gasteiger partial charge in [-0.15, -0.1) is 0 Å². The van der Waals surface area contributed by atoms with E-state index in [1.807, 2.05) is 0 Å². The Balaban J connectivity index is 2.57. The van der Waals surface area contributed by atoms with Crippen molar-refractivity contribution < 1.29 is 0 Å². The number of H-pyrrole nitrogens is 1. The van der Waals surface area contributed by atoms with E-state index in [4.69, 9.17) is 0 Å².